The lowest BCUT2D eigenvalue weighted by Gasteiger charge is -2.31. The number of nitrogens with two attached hydrogens (primary N) is 1. The summed E-state index contributed by atoms with van der Waals surface area (Å²) in [4.78, 5) is 35.9. The number of carbonyl (C=O) groups excluding carboxylic acids is 2. The minimum atomic E-state index is -1.05. The molecule has 0 radical (unpaired) electrons. The highest BCUT2D eigenvalue weighted by Gasteiger charge is 2.24. The van der Waals surface area contributed by atoms with Crippen molar-refractivity contribution in [3.05, 3.63) is 35.4 Å². The molecule has 0 unspecified atom stereocenters. The number of aromatic carboxylic acids is 1. The molecular weight excluding hydrogens is 272 g/mol. The SMILES string of the molecule is NC(=O)CC1CCN(C(=O)c2cccc(C(=O)O)c2)CC1. The number of amides is 2. The van der Waals surface area contributed by atoms with Crippen molar-refractivity contribution in [3.63, 3.8) is 0 Å². The summed E-state index contributed by atoms with van der Waals surface area (Å²) in [5, 5.41) is 8.95. The van der Waals surface area contributed by atoms with Crippen molar-refractivity contribution in [1.82, 2.24) is 4.90 Å². The van der Waals surface area contributed by atoms with Crippen LogP contribution in [-0.4, -0.2) is 40.9 Å². The monoisotopic (exact) mass is 290 g/mol. The van der Waals surface area contributed by atoms with Crippen LogP contribution in [0.25, 0.3) is 0 Å². The second-order valence-electron chi connectivity index (χ2n) is 5.29. The van der Waals surface area contributed by atoms with Gasteiger partial charge in [0.15, 0.2) is 0 Å². The highest BCUT2D eigenvalue weighted by atomic mass is 16.4. The Morgan fingerprint density at radius 3 is 2.38 bits per heavy atom. The van der Waals surface area contributed by atoms with Crippen molar-refractivity contribution >= 4 is 17.8 Å². The molecule has 0 aromatic heterocycles. The summed E-state index contributed by atoms with van der Waals surface area (Å²) < 4.78 is 0. The molecule has 1 saturated heterocycles. The van der Waals surface area contributed by atoms with Crippen molar-refractivity contribution in [3.8, 4) is 0 Å². The third-order valence-electron chi connectivity index (χ3n) is 3.75. The highest BCUT2D eigenvalue weighted by Crippen LogP contribution is 2.21. The van der Waals surface area contributed by atoms with E-state index in [-0.39, 0.29) is 23.3 Å². The van der Waals surface area contributed by atoms with Crippen LogP contribution in [0.4, 0.5) is 0 Å². The maximum absolute atomic E-state index is 12.3. The van der Waals surface area contributed by atoms with E-state index in [2.05, 4.69) is 0 Å². The van der Waals surface area contributed by atoms with Gasteiger partial charge < -0.3 is 15.7 Å². The number of carboxylic acids is 1. The van der Waals surface area contributed by atoms with E-state index in [9.17, 15) is 14.4 Å². The first kappa shape index (κ1) is 15.0. The molecule has 2 rings (SSSR count). The Balaban J connectivity index is 2.00. The predicted molar refractivity (Wildman–Crippen MR) is 75.8 cm³/mol. The molecule has 2 amide bonds. The van der Waals surface area contributed by atoms with Crippen LogP contribution in [0, 0.1) is 5.92 Å². The molecular formula is C15H18N2O4. The van der Waals surface area contributed by atoms with Gasteiger partial charge in [0.2, 0.25) is 5.91 Å². The number of nitrogens with zero attached hydrogens (tertiary/aromatic N) is 1. The average Bonchev–Trinajstić information content (AvgIpc) is 2.47. The quantitative estimate of drug-likeness (QED) is 0.867. The molecule has 1 aromatic rings. The molecule has 1 fully saturated rings. The lowest BCUT2D eigenvalue weighted by molar-refractivity contribution is -0.119. The number of carbonyl (C=O) groups is 3. The zero-order valence-corrected chi connectivity index (χ0v) is 11.6. The molecule has 0 bridgehead atoms. The van der Waals surface area contributed by atoms with Gasteiger partial charge in [0.25, 0.3) is 5.91 Å². The van der Waals surface area contributed by atoms with E-state index in [1.807, 2.05) is 0 Å². The number of carboxylic acid groups (broad SMARTS) is 1. The molecule has 1 aliphatic heterocycles. The average molecular weight is 290 g/mol. The normalized spacial score (nSPS) is 15.7. The number of primary amides is 1. The molecule has 6 heteroatoms. The van der Waals surface area contributed by atoms with Crippen molar-refractivity contribution in [2.45, 2.75) is 19.3 Å². The van der Waals surface area contributed by atoms with Crippen molar-refractivity contribution in [1.29, 1.82) is 0 Å². The Morgan fingerprint density at radius 2 is 1.81 bits per heavy atom. The summed E-state index contributed by atoms with van der Waals surface area (Å²) in [5.41, 5.74) is 5.66. The van der Waals surface area contributed by atoms with Gasteiger partial charge in [0.1, 0.15) is 0 Å². The van der Waals surface area contributed by atoms with E-state index in [0.29, 0.717) is 25.1 Å². The van der Waals surface area contributed by atoms with Gasteiger partial charge in [-0.2, -0.15) is 0 Å². The van der Waals surface area contributed by atoms with E-state index in [1.54, 1.807) is 17.0 Å². The third-order valence-corrected chi connectivity index (χ3v) is 3.75. The van der Waals surface area contributed by atoms with Gasteiger partial charge in [-0.3, -0.25) is 9.59 Å². The van der Waals surface area contributed by atoms with Gasteiger partial charge in [0, 0.05) is 25.1 Å². The fourth-order valence-electron chi connectivity index (χ4n) is 2.59. The smallest absolute Gasteiger partial charge is 0.335 e. The van der Waals surface area contributed by atoms with E-state index >= 15 is 0 Å². The minimum Gasteiger partial charge on any atom is -0.478 e. The van der Waals surface area contributed by atoms with Crippen LogP contribution < -0.4 is 5.73 Å². The Kier molecular flexibility index (Phi) is 4.57. The van der Waals surface area contributed by atoms with Gasteiger partial charge in [0.05, 0.1) is 5.56 Å². The number of hydrogen-bond donors (Lipinski definition) is 2. The first-order chi connectivity index (χ1) is 9.97. The topological polar surface area (TPSA) is 101 Å². The van der Waals surface area contributed by atoms with Crippen LogP contribution in [-0.2, 0) is 4.79 Å². The van der Waals surface area contributed by atoms with E-state index in [1.165, 1.54) is 12.1 Å². The second kappa shape index (κ2) is 6.39. The summed E-state index contributed by atoms with van der Waals surface area (Å²) in [6.45, 7) is 1.13. The molecule has 0 spiro atoms. The maximum atomic E-state index is 12.3. The fraction of sp³-hybridized carbons (Fsp3) is 0.400. The Labute approximate surface area is 122 Å². The van der Waals surface area contributed by atoms with Crippen LogP contribution in [0.2, 0.25) is 0 Å². The maximum Gasteiger partial charge on any atom is 0.335 e. The molecule has 1 heterocycles. The second-order valence-corrected chi connectivity index (χ2v) is 5.29. The lowest BCUT2D eigenvalue weighted by atomic mass is 9.93. The first-order valence-corrected chi connectivity index (χ1v) is 6.88. The van der Waals surface area contributed by atoms with Gasteiger partial charge >= 0.3 is 5.97 Å². The van der Waals surface area contributed by atoms with Gasteiger partial charge in [-0.25, -0.2) is 4.79 Å². The van der Waals surface area contributed by atoms with E-state index < -0.39 is 5.97 Å². The zero-order valence-electron chi connectivity index (χ0n) is 11.6. The molecule has 3 N–H and O–H groups in total. The molecule has 112 valence electrons. The first-order valence-electron chi connectivity index (χ1n) is 6.88. The minimum absolute atomic E-state index is 0.101. The van der Waals surface area contributed by atoms with Crippen molar-refractivity contribution in [2.24, 2.45) is 11.7 Å². The number of likely N-dealkylation sites (tertiary alicyclic amines) is 1. The molecule has 0 atom stereocenters. The van der Waals surface area contributed by atoms with Crippen LogP contribution in [0.15, 0.2) is 24.3 Å². The highest BCUT2D eigenvalue weighted by molar-refractivity contribution is 5.97. The predicted octanol–water partition coefficient (Wildman–Crippen LogP) is 1.11. The van der Waals surface area contributed by atoms with Crippen LogP contribution in [0.5, 0.6) is 0 Å². The standard InChI is InChI=1S/C15H18N2O4/c16-13(18)8-10-4-6-17(7-5-10)14(19)11-2-1-3-12(9-11)15(20)21/h1-3,9-10H,4-8H2,(H2,16,18)(H,20,21). The fourth-order valence-corrected chi connectivity index (χ4v) is 2.59. The number of piperidine rings is 1. The number of rotatable bonds is 4. The largest absolute Gasteiger partial charge is 0.478 e. The zero-order chi connectivity index (χ0) is 15.4. The number of benzene rings is 1. The molecule has 0 saturated carbocycles. The summed E-state index contributed by atoms with van der Waals surface area (Å²) in [6, 6.07) is 6.03. The summed E-state index contributed by atoms with van der Waals surface area (Å²) in [5.74, 6) is -1.30. The van der Waals surface area contributed by atoms with Gasteiger partial charge in [-0.15, -0.1) is 0 Å². The van der Waals surface area contributed by atoms with Crippen LogP contribution >= 0.6 is 0 Å². The lowest BCUT2D eigenvalue weighted by Crippen LogP contribution is -2.39. The van der Waals surface area contributed by atoms with E-state index in [0.717, 1.165) is 12.8 Å². The van der Waals surface area contributed by atoms with E-state index in [4.69, 9.17) is 10.8 Å². The summed E-state index contributed by atoms with van der Waals surface area (Å²) >= 11 is 0. The molecule has 0 aliphatic carbocycles. The van der Waals surface area contributed by atoms with Crippen LogP contribution in [0.1, 0.15) is 40.0 Å². The van der Waals surface area contributed by atoms with Crippen molar-refractivity contribution < 1.29 is 19.5 Å². The summed E-state index contributed by atoms with van der Waals surface area (Å²) in [7, 11) is 0. The molecule has 21 heavy (non-hydrogen) atoms. The number of hydrogen-bond acceptors (Lipinski definition) is 3. The molecule has 1 aliphatic rings. The van der Waals surface area contributed by atoms with Gasteiger partial charge in [-0.05, 0) is 37.0 Å². The van der Waals surface area contributed by atoms with Crippen LogP contribution in [0.3, 0.4) is 0 Å². The Hall–Kier alpha value is -2.37. The Bertz CT molecular complexity index is 563. The molecule has 1 aromatic carbocycles. The third kappa shape index (κ3) is 3.81. The van der Waals surface area contributed by atoms with Crippen molar-refractivity contribution in [2.75, 3.05) is 13.1 Å². The van der Waals surface area contributed by atoms with Gasteiger partial charge in [-0.1, -0.05) is 6.07 Å². The summed E-state index contributed by atoms with van der Waals surface area (Å²) in [6.07, 6.45) is 1.84. The Morgan fingerprint density at radius 1 is 1.19 bits per heavy atom. The molecule has 6 nitrogen and oxygen atoms in total.